The Labute approximate surface area is 112 Å². The summed E-state index contributed by atoms with van der Waals surface area (Å²) in [5, 5.41) is 22.7. The number of benzene rings is 1. The maximum Gasteiger partial charge on any atom is 0.288 e. The number of nitrogens with one attached hydrogen (secondary N) is 1. The number of nitrogens with zero attached hydrogens (tertiary/aromatic N) is 3. The van der Waals surface area contributed by atoms with Gasteiger partial charge < -0.3 is 15.6 Å². The summed E-state index contributed by atoms with van der Waals surface area (Å²) >= 11 is 0. The number of aromatic nitrogens is 3. The summed E-state index contributed by atoms with van der Waals surface area (Å²) in [5.74, 6) is -0.00386. The fraction of sp³-hybridized carbons (Fsp3) is 0. The highest BCUT2D eigenvalue weighted by Crippen LogP contribution is 2.28. The Hall–Kier alpha value is -3.09. The van der Waals surface area contributed by atoms with Crippen LogP contribution in [0.4, 0.5) is 11.5 Å². The van der Waals surface area contributed by atoms with Gasteiger partial charge in [0, 0.05) is 11.8 Å². The first kappa shape index (κ1) is 12.0. The van der Waals surface area contributed by atoms with E-state index in [1.54, 1.807) is 0 Å². The second-order valence-electron chi connectivity index (χ2n) is 4.09. The highest BCUT2D eigenvalue weighted by molar-refractivity contribution is 5.93. The molecule has 0 aliphatic carbocycles. The molecule has 0 aliphatic rings. The van der Waals surface area contributed by atoms with E-state index in [-0.39, 0.29) is 16.8 Å². The van der Waals surface area contributed by atoms with E-state index in [1.165, 1.54) is 6.33 Å². The molecule has 0 atom stereocenters. The van der Waals surface area contributed by atoms with Gasteiger partial charge in [-0.15, -0.1) is 4.73 Å². The van der Waals surface area contributed by atoms with Crippen molar-refractivity contribution in [3.05, 3.63) is 53.1 Å². The second kappa shape index (κ2) is 4.54. The number of hydrogen-bond donors (Lipinski definition) is 3. The molecule has 7 nitrogen and oxygen atoms in total. The highest BCUT2D eigenvalue weighted by Gasteiger charge is 2.14. The van der Waals surface area contributed by atoms with Crippen LogP contribution in [0, 0.1) is 0 Å². The molecule has 100 valence electrons. The van der Waals surface area contributed by atoms with Gasteiger partial charge in [0.15, 0.2) is 5.65 Å². The second-order valence-corrected chi connectivity index (χ2v) is 4.09. The minimum Gasteiger partial charge on any atom is -0.507 e. The number of hydrogen-bond acceptors (Lipinski definition) is 6. The van der Waals surface area contributed by atoms with E-state index >= 15 is 0 Å². The molecule has 0 aliphatic heterocycles. The Morgan fingerprint density at radius 3 is 2.65 bits per heavy atom. The van der Waals surface area contributed by atoms with E-state index in [0.717, 1.165) is 11.8 Å². The monoisotopic (exact) mass is 270 g/mol. The van der Waals surface area contributed by atoms with Gasteiger partial charge in [-0.25, -0.2) is 9.97 Å². The van der Waals surface area contributed by atoms with Crippen molar-refractivity contribution in [1.82, 2.24) is 14.7 Å². The standard InChI is InChI=1S/C13H10N4O3/c18-9-6-10(19)17(20)13-11(9)12(14-7-15-13)16-8-4-2-1-3-5-8/h1-7,18,20H,(H,14,15,16). The largest absolute Gasteiger partial charge is 0.507 e. The van der Waals surface area contributed by atoms with E-state index < -0.39 is 5.56 Å². The van der Waals surface area contributed by atoms with Crippen LogP contribution >= 0.6 is 0 Å². The number of rotatable bonds is 2. The highest BCUT2D eigenvalue weighted by atomic mass is 16.5. The number of anilines is 2. The average Bonchev–Trinajstić information content (AvgIpc) is 2.46. The number of para-hydroxylation sites is 1. The molecule has 0 spiro atoms. The Morgan fingerprint density at radius 2 is 1.90 bits per heavy atom. The zero-order valence-electron chi connectivity index (χ0n) is 10.2. The Kier molecular flexibility index (Phi) is 2.72. The van der Waals surface area contributed by atoms with Crippen LogP contribution < -0.4 is 10.9 Å². The molecule has 0 fully saturated rings. The van der Waals surface area contributed by atoms with Crippen LogP contribution in [-0.4, -0.2) is 25.0 Å². The smallest absolute Gasteiger partial charge is 0.288 e. The van der Waals surface area contributed by atoms with Gasteiger partial charge in [-0.2, -0.15) is 0 Å². The Bertz CT molecular complexity index is 830. The van der Waals surface area contributed by atoms with E-state index in [2.05, 4.69) is 15.3 Å². The third-order valence-corrected chi connectivity index (χ3v) is 2.79. The quantitative estimate of drug-likeness (QED) is 0.610. The van der Waals surface area contributed by atoms with Gasteiger partial charge in [0.1, 0.15) is 23.3 Å². The summed E-state index contributed by atoms with van der Waals surface area (Å²) in [6.07, 6.45) is 1.19. The minimum atomic E-state index is -0.764. The first-order chi connectivity index (χ1) is 9.66. The molecule has 0 radical (unpaired) electrons. The lowest BCUT2D eigenvalue weighted by Crippen LogP contribution is -2.18. The SMILES string of the molecule is O=c1cc(O)c2c(Nc3ccccc3)ncnc2n1O. The summed E-state index contributed by atoms with van der Waals surface area (Å²) in [4.78, 5) is 19.2. The van der Waals surface area contributed by atoms with Crippen LogP contribution in [-0.2, 0) is 0 Å². The van der Waals surface area contributed by atoms with Gasteiger partial charge in [0.25, 0.3) is 5.56 Å². The molecular weight excluding hydrogens is 260 g/mol. The van der Waals surface area contributed by atoms with Gasteiger partial charge in [-0.3, -0.25) is 4.79 Å². The lowest BCUT2D eigenvalue weighted by Gasteiger charge is -2.10. The molecule has 7 heteroatoms. The van der Waals surface area contributed by atoms with Gasteiger partial charge in [0.05, 0.1) is 0 Å². The zero-order valence-corrected chi connectivity index (χ0v) is 10.2. The molecule has 1 aromatic carbocycles. The summed E-state index contributed by atoms with van der Waals surface area (Å²) in [7, 11) is 0. The van der Waals surface area contributed by atoms with E-state index in [0.29, 0.717) is 10.5 Å². The Morgan fingerprint density at radius 1 is 1.15 bits per heavy atom. The fourth-order valence-electron chi connectivity index (χ4n) is 1.88. The van der Waals surface area contributed by atoms with E-state index in [4.69, 9.17) is 0 Å². The van der Waals surface area contributed by atoms with Crippen molar-refractivity contribution in [3.8, 4) is 5.75 Å². The van der Waals surface area contributed by atoms with E-state index in [1.807, 2.05) is 30.3 Å². The lowest BCUT2D eigenvalue weighted by molar-refractivity contribution is 0.186. The van der Waals surface area contributed by atoms with Crippen LogP contribution in [0.25, 0.3) is 11.0 Å². The molecule has 0 bridgehead atoms. The van der Waals surface area contributed by atoms with Crippen LogP contribution in [0.1, 0.15) is 0 Å². The molecule has 3 aromatic rings. The molecule has 3 rings (SSSR count). The molecular formula is C13H10N4O3. The van der Waals surface area contributed by atoms with Crippen molar-refractivity contribution in [2.45, 2.75) is 0 Å². The predicted octanol–water partition coefficient (Wildman–Crippen LogP) is 1.48. The molecule has 3 N–H and O–H groups in total. The molecule has 0 amide bonds. The third-order valence-electron chi connectivity index (χ3n) is 2.79. The van der Waals surface area contributed by atoms with Crippen molar-refractivity contribution in [1.29, 1.82) is 0 Å². The van der Waals surface area contributed by atoms with E-state index in [9.17, 15) is 15.1 Å². The zero-order chi connectivity index (χ0) is 14.1. The molecule has 2 heterocycles. The summed E-state index contributed by atoms with van der Waals surface area (Å²) in [6, 6.07) is 10.1. The van der Waals surface area contributed by atoms with Crippen molar-refractivity contribution < 1.29 is 10.3 Å². The summed E-state index contributed by atoms with van der Waals surface area (Å²) in [5.41, 5.74) is -0.0783. The number of fused-ring (bicyclic) bond motifs is 1. The van der Waals surface area contributed by atoms with Gasteiger partial charge in [-0.1, -0.05) is 18.2 Å². The first-order valence-corrected chi connectivity index (χ1v) is 5.78. The summed E-state index contributed by atoms with van der Waals surface area (Å²) < 4.78 is 0.368. The average molecular weight is 270 g/mol. The van der Waals surface area contributed by atoms with Crippen LogP contribution in [0.3, 0.4) is 0 Å². The Balaban J connectivity index is 2.22. The molecule has 0 saturated heterocycles. The van der Waals surface area contributed by atoms with Gasteiger partial charge in [-0.05, 0) is 12.1 Å². The topological polar surface area (TPSA) is 100 Å². The maximum atomic E-state index is 11.4. The molecule has 0 unspecified atom stereocenters. The van der Waals surface area contributed by atoms with Crippen LogP contribution in [0.15, 0.2) is 47.5 Å². The number of aromatic hydroxyl groups is 1. The maximum absolute atomic E-state index is 11.4. The van der Waals surface area contributed by atoms with Gasteiger partial charge in [0.2, 0.25) is 0 Å². The fourth-order valence-corrected chi connectivity index (χ4v) is 1.88. The molecule has 20 heavy (non-hydrogen) atoms. The third kappa shape index (κ3) is 1.91. The summed E-state index contributed by atoms with van der Waals surface area (Å²) in [6.45, 7) is 0. The normalized spacial score (nSPS) is 10.6. The minimum absolute atomic E-state index is 0.0663. The van der Waals surface area contributed by atoms with Crippen molar-refractivity contribution in [3.63, 3.8) is 0 Å². The number of pyridine rings is 1. The molecule has 0 saturated carbocycles. The lowest BCUT2D eigenvalue weighted by atomic mass is 10.2. The van der Waals surface area contributed by atoms with Crippen LogP contribution in [0.5, 0.6) is 5.75 Å². The van der Waals surface area contributed by atoms with Crippen molar-refractivity contribution in [2.24, 2.45) is 0 Å². The van der Waals surface area contributed by atoms with Crippen LogP contribution in [0.2, 0.25) is 0 Å². The predicted molar refractivity (Wildman–Crippen MR) is 72.4 cm³/mol. The van der Waals surface area contributed by atoms with Crippen molar-refractivity contribution >= 4 is 22.5 Å². The van der Waals surface area contributed by atoms with Gasteiger partial charge >= 0.3 is 0 Å². The van der Waals surface area contributed by atoms with Crippen molar-refractivity contribution in [2.75, 3.05) is 5.32 Å². The molecule has 2 aromatic heterocycles. The first-order valence-electron chi connectivity index (χ1n) is 5.78.